The predicted octanol–water partition coefficient (Wildman–Crippen LogP) is 5.06. The molecule has 2 rings (SSSR count). The highest BCUT2D eigenvalue weighted by Gasteiger charge is 2.43. The zero-order valence-corrected chi connectivity index (χ0v) is 16.0. The van der Waals surface area contributed by atoms with Crippen LogP contribution in [0.2, 0.25) is 18.1 Å². The highest BCUT2D eigenvalue weighted by Crippen LogP contribution is 2.40. The molecule has 0 N–H and O–H groups in total. The van der Waals surface area contributed by atoms with Gasteiger partial charge in [-0.2, -0.15) is 0 Å². The smallest absolute Gasteiger partial charge is 0.311 e. The Bertz CT molecular complexity index is 615. The van der Waals surface area contributed by atoms with Crippen LogP contribution in [0.1, 0.15) is 40.0 Å². The number of hydrogen-bond donors (Lipinski definition) is 0. The third kappa shape index (κ3) is 4.13. The minimum absolute atomic E-state index is 0.0178. The van der Waals surface area contributed by atoms with E-state index in [4.69, 9.17) is 9.16 Å². The Morgan fingerprint density at radius 1 is 1.25 bits per heavy atom. The molecule has 0 aromatic heterocycles. The van der Waals surface area contributed by atoms with Crippen molar-refractivity contribution in [3.8, 4) is 5.75 Å². The number of nitro groups is 1. The van der Waals surface area contributed by atoms with E-state index in [-0.39, 0.29) is 28.7 Å². The molecule has 2 atom stereocenters. The third-order valence-electron chi connectivity index (χ3n) is 5.04. The first-order chi connectivity index (χ1) is 11.0. The summed E-state index contributed by atoms with van der Waals surface area (Å²) in [6.07, 6.45) is 2.17. The van der Waals surface area contributed by atoms with Crippen LogP contribution in [-0.2, 0) is 4.43 Å². The van der Waals surface area contributed by atoms with E-state index >= 15 is 0 Å². The molecule has 1 aliphatic carbocycles. The molecule has 7 heteroatoms. The van der Waals surface area contributed by atoms with E-state index < -0.39 is 19.1 Å². The summed E-state index contributed by atoms with van der Waals surface area (Å²) in [7, 11) is -1.96. The summed E-state index contributed by atoms with van der Waals surface area (Å²) in [4.78, 5) is 10.6. The van der Waals surface area contributed by atoms with Crippen molar-refractivity contribution >= 4 is 14.0 Å². The molecule has 0 aliphatic heterocycles. The quantitative estimate of drug-likeness (QED) is 0.421. The fourth-order valence-electron chi connectivity index (χ4n) is 2.61. The molecule has 24 heavy (non-hydrogen) atoms. The monoisotopic (exact) mass is 355 g/mol. The van der Waals surface area contributed by atoms with Gasteiger partial charge in [0.25, 0.3) is 0 Å². The van der Waals surface area contributed by atoms with Crippen molar-refractivity contribution in [2.75, 3.05) is 0 Å². The zero-order valence-electron chi connectivity index (χ0n) is 15.0. The first-order valence-electron chi connectivity index (χ1n) is 8.30. The fourth-order valence-corrected chi connectivity index (χ4v) is 3.99. The second kappa shape index (κ2) is 6.80. The number of hydrogen-bond acceptors (Lipinski definition) is 4. The van der Waals surface area contributed by atoms with Gasteiger partial charge < -0.3 is 9.16 Å². The van der Waals surface area contributed by atoms with Gasteiger partial charge in [0, 0.05) is 12.1 Å². The van der Waals surface area contributed by atoms with Gasteiger partial charge in [-0.1, -0.05) is 20.8 Å². The van der Waals surface area contributed by atoms with Crippen molar-refractivity contribution in [1.29, 1.82) is 0 Å². The molecule has 0 spiro atoms. The maximum Gasteiger partial charge on any atom is 0.311 e. The lowest BCUT2D eigenvalue weighted by molar-refractivity contribution is -0.386. The molecule has 1 saturated carbocycles. The molecule has 0 saturated heterocycles. The lowest BCUT2D eigenvalue weighted by Crippen LogP contribution is -2.46. The molecule has 0 unspecified atom stereocenters. The standard InChI is InChI=1S/C17H26FNO4Si/c1-17(2,3)24(4,5)23-15-8-6-7-14(15)22-16-11-12(18)9-10-13(16)19(20)21/h9-11,14-15H,6-8H2,1-5H3/t14-,15-/m0/s1. The van der Waals surface area contributed by atoms with E-state index in [9.17, 15) is 14.5 Å². The molecule has 1 fully saturated rings. The second-order valence-electron chi connectivity index (χ2n) is 7.87. The summed E-state index contributed by atoms with van der Waals surface area (Å²) in [6, 6.07) is 3.30. The average molecular weight is 355 g/mol. The maximum absolute atomic E-state index is 13.5. The summed E-state index contributed by atoms with van der Waals surface area (Å²) < 4.78 is 25.7. The molecule has 0 heterocycles. The normalized spacial score (nSPS) is 21.8. The lowest BCUT2D eigenvalue weighted by atomic mass is 10.2. The fraction of sp³-hybridized carbons (Fsp3) is 0.647. The van der Waals surface area contributed by atoms with Crippen LogP contribution in [-0.4, -0.2) is 25.4 Å². The topological polar surface area (TPSA) is 61.6 Å². The first kappa shape index (κ1) is 18.9. The number of halogens is 1. The lowest BCUT2D eigenvalue weighted by Gasteiger charge is -2.39. The SMILES string of the molecule is CC(C)(C)[Si](C)(C)O[C@H]1CCC[C@@H]1Oc1cc(F)ccc1[N+](=O)[O-]. The van der Waals surface area contributed by atoms with Crippen LogP contribution in [0.25, 0.3) is 0 Å². The Hall–Kier alpha value is -1.47. The molecular formula is C17H26FNO4Si. The van der Waals surface area contributed by atoms with Crippen LogP contribution in [0.3, 0.4) is 0 Å². The number of benzene rings is 1. The number of ether oxygens (including phenoxy) is 1. The van der Waals surface area contributed by atoms with Crippen molar-refractivity contribution in [1.82, 2.24) is 0 Å². The van der Waals surface area contributed by atoms with Crippen LogP contribution in [0.15, 0.2) is 18.2 Å². The van der Waals surface area contributed by atoms with Gasteiger partial charge in [-0.3, -0.25) is 10.1 Å². The molecule has 0 bridgehead atoms. The molecule has 0 radical (unpaired) electrons. The molecule has 1 aromatic carbocycles. The van der Waals surface area contributed by atoms with E-state index in [1.165, 1.54) is 0 Å². The van der Waals surface area contributed by atoms with E-state index in [0.29, 0.717) is 0 Å². The van der Waals surface area contributed by atoms with E-state index in [1.54, 1.807) is 0 Å². The summed E-state index contributed by atoms with van der Waals surface area (Å²) in [5.41, 5.74) is -0.214. The average Bonchev–Trinajstić information content (AvgIpc) is 2.83. The Balaban J connectivity index is 2.18. The molecule has 5 nitrogen and oxygen atoms in total. The van der Waals surface area contributed by atoms with Crippen molar-refractivity contribution in [2.45, 2.75) is 70.4 Å². The third-order valence-corrected chi connectivity index (χ3v) is 9.55. The molecule has 0 amide bonds. The molecule has 1 aromatic rings. The van der Waals surface area contributed by atoms with E-state index in [1.807, 2.05) is 0 Å². The van der Waals surface area contributed by atoms with Crippen molar-refractivity contribution < 1.29 is 18.5 Å². The molecule has 1 aliphatic rings. The Labute approximate surface area is 143 Å². The molecular weight excluding hydrogens is 329 g/mol. The van der Waals surface area contributed by atoms with Crippen molar-refractivity contribution in [2.24, 2.45) is 0 Å². The highest BCUT2D eigenvalue weighted by molar-refractivity contribution is 6.74. The summed E-state index contributed by atoms with van der Waals surface area (Å²) in [5, 5.41) is 11.2. The number of rotatable bonds is 5. The minimum atomic E-state index is -1.96. The first-order valence-corrected chi connectivity index (χ1v) is 11.2. The second-order valence-corrected chi connectivity index (χ2v) is 12.6. The van der Waals surface area contributed by atoms with Gasteiger partial charge in [0.2, 0.25) is 0 Å². The number of nitrogens with zero attached hydrogens (tertiary/aromatic N) is 1. The number of nitro benzene ring substituents is 1. The zero-order chi connectivity index (χ0) is 18.1. The van der Waals surface area contributed by atoms with Crippen LogP contribution in [0, 0.1) is 15.9 Å². The van der Waals surface area contributed by atoms with Gasteiger partial charge in [0.1, 0.15) is 11.9 Å². The summed E-state index contributed by atoms with van der Waals surface area (Å²) >= 11 is 0. The van der Waals surface area contributed by atoms with Gasteiger partial charge >= 0.3 is 5.69 Å². The van der Waals surface area contributed by atoms with Crippen molar-refractivity contribution in [3.05, 3.63) is 34.1 Å². The van der Waals surface area contributed by atoms with E-state index in [2.05, 4.69) is 33.9 Å². The largest absolute Gasteiger partial charge is 0.481 e. The Morgan fingerprint density at radius 2 is 1.88 bits per heavy atom. The van der Waals surface area contributed by atoms with Gasteiger partial charge in [-0.05, 0) is 43.5 Å². The molecule has 134 valence electrons. The van der Waals surface area contributed by atoms with Crippen LogP contribution >= 0.6 is 0 Å². The highest BCUT2D eigenvalue weighted by atomic mass is 28.4. The Kier molecular flexibility index (Phi) is 5.34. The van der Waals surface area contributed by atoms with Crippen LogP contribution in [0.5, 0.6) is 5.75 Å². The summed E-state index contributed by atoms with van der Waals surface area (Å²) in [6.45, 7) is 10.9. The minimum Gasteiger partial charge on any atom is -0.481 e. The van der Waals surface area contributed by atoms with E-state index in [0.717, 1.165) is 37.5 Å². The van der Waals surface area contributed by atoms with Gasteiger partial charge in [-0.25, -0.2) is 4.39 Å². The van der Waals surface area contributed by atoms with Gasteiger partial charge in [0.15, 0.2) is 14.1 Å². The maximum atomic E-state index is 13.5. The van der Waals surface area contributed by atoms with Gasteiger partial charge in [0.05, 0.1) is 11.0 Å². The Morgan fingerprint density at radius 3 is 2.46 bits per heavy atom. The van der Waals surface area contributed by atoms with Gasteiger partial charge in [-0.15, -0.1) is 0 Å². The summed E-state index contributed by atoms with van der Waals surface area (Å²) in [5.74, 6) is -0.564. The van der Waals surface area contributed by atoms with Crippen LogP contribution in [0.4, 0.5) is 10.1 Å². The van der Waals surface area contributed by atoms with Crippen molar-refractivity contribution in [3.63, 3.8) is 0 Å². The van der Waals surface area contributed by atoms with Crippen LogP contribution < -0.4 is 4.74 Å². The predicted molar refractivity (Wildman–Crippen MR) is 93.4 cm³/mol.